The molecule has 2 aromatic rings. The lowest BCUT2D eigenvalue weighted by atomic mass is 9.86. The van der Waals surface area contributed by atoms with Crippen LogP contribution in [-0.2, 0) is 6.42 Å². The first-order valence-electron chi connectivity index (χ1n) is 9.16. The molecule has 0 saturated carbocycles. The van der Waals surface area contributed by atoms with Gasteiger partial charge in [-0.25, -0.2) is 4.39 Å². The Hall–Kier alpha value is -2.07. The molecule has 4 heteroatoms. The van der Waals surface area contributed by atoms with Crippen LogP contribution in [0.1, 0.15) is 29.0 Å². The minimum atomic E-state index is -0.293. The minimum absolute atomic E-state index is 0.293. The number of nitrogens with one attached hydrogen (secondary N) is 1. The molecule has 0 aliphatic carbocycles. The standard InChI is InChI=1S/C21H23FN2O/c1-12-7-20(25-2)18(22)10-15(12)14-8-13-4-6-24-19-3-5-23-11-17(19)16(9-14)21(13)24/h7-10,17,19,23H,3-6,11H2,1-2H3/t17-,19-/m0/s1. The average molecular weight is 338 g/mol. The summed E-state index contributed by atoms with van der Waals surface area (Å²) in [5.74, 6) is 0.583. The lowest BCUT2D eigenvalue weighted by molar-refractivity contribution is 0.386. The van der Waals surface area contributed by atoms with E-state index in [1.807, 2.05) is 6.92 Å². The predicted octanol–water partition coefficient (Wildman–Crippen LogP) is 3.63. The van der Waals surface area contributed by atoms with E-state index in [0.29, 0.717) is 17.7 Å². The molecule has 1 N–H and O–H groups in total. The van der Waals surface area contributed by atoms with Crippen molar-refractivity contribution in [2.75, 3.05) is 31.6 Å². The largest absolute Gasteiger partial charge is 0.494 e. The molecule has 0 radical (unpaired) electrons. The van der Waals surface area contributed by atoms with Crippen molar-refractivity contribution in [2.45, 2.75) is 31.7 Å². The van der Waals surface area contributed by atoms with E-state index in [4.69, 9.17) is 4.74 Å². The first kappa shape index (κ1) is 15.2. The summed E-state index contributed by atoms with van der Waals surface area (Å²) in [6.07, 6.45) is 2.31. The summed E-state index contributed by atoms with van der Waals surface area (Å²) in [7, 11) is 1.51. The first-order chi connectivity index (χ1) is 12.2. The van der Waals surface area contributed by atoms with E-state index < -0.39 is 0 Å². The molecule has 3 heterocycles. The summed E-state index contributed by atoms with van der Waals surface area (Å²) in [5.41, 5.74) is 7.52. The van der Waals surface area contributed by atoms with Gasteiger partial charge < -0.3 is 15.0 Å². The third-order valence-corrected chi connectivity index (χ3v) is 6.18. The Balaban J connectivity index is 1.66. The van der Waals surface area contributed by atoms with E-state index in [-0.39, 0.29) is 5.82 Å². The summed E-state index contributed by atoms with van der Waals surface area (Å²) in [5, 5.41) is 3.55. The fourth-order valence-electron chi connectivity index (χ4n) is 5.04. The van der Waals surface area contributed by atoms with Crippen molar-refractivity contribution in [1.29, 1.82) is 0 Å². The highest BCUT2D eigenvalue weighted by Gasteiger charge is 2.43. The van der Waals surface area contributed by atoms with Gasteiger partial charge in [-0.2, -0.15) is 0 Å². The highest BCUT2D eigenvalue weighted by atomic mass is 19.1. The van der Waals surface area contributed by atoms with Crippen molar-refractivity contribution in [1.82, 2.24) is 5.32 Å². The predicted molar refractivity (Wildman–Crippen MR) is 98.2 cm³/mol. The Kier molecular flexibility index (Phi) is 3.32. The van der Waals surface area contributed by atoms with Gasteiger partial charge in [-0.15, -0.1) is 0 Å². The normalized spacial score (nSPS) is 23.6. The second kappa shape index (κ2) is 5.46. The van der Waals surface area contributed by atoms with Crippen LogP contribution in [0.2, 0.25) is 0 Å². The van der Waals surface area contributed by atoms with Gasteiger partial charge in [0.25, 0.3) is 0 Å². The van der Waals surface area contributed by atoms with Gasteiger partial charge in [-0.1, -0.05) is 0 Å². The zero-order valence-corrected chi connectivity index (χ0v) is 14.7. The monoisotopic (exact) mass is 338 g/mol. The van der Waals surface area contributed by atoms with E-state index >= 15 is 0 Å². The molecule has 0 bridgehead atoms. The van der Waals surface area contributed by atoms with E-state index in [2.05, 4.69) is 22.3 Å². The second-order valence-electron chi connectivity index (χ2n) is 7.48. The number of benzene rings is 2. The fourth-order valence-corrected chi connectivity index (χ4v) is 5.04. The number of hydrogen-bond acceptors (Lipinski definition) is 3. The third-order valence-electron chi connectivity index (χ3n) is 6.18. The van der Waals surface area contributed by atoms with Crippen molar-refractivity contribution in [3.8, 4) is 16.9 Å². The lowest BCUT2D eigenvalue weighted by Crippen LogP contribution is -2.43. The molecule has 1 saturated heterocycles. The van der Waals surface area contributed by atoms with Crippen molar-refractivity contribution in [3.05, 3.63) is 46.8 Å². The average Bonchev–Trinajstić information content (AvgIpc) is 3.19. The van der Waals surface area contributed by atoms with Crippen LogP contribution in [0.4, 0.5) is 10.1 Å². The van der Waals surface area contributed by atoms with Crippen molar-refractivity contribution in [2.24, 2.45) is 0 Å². The van der Waals surface area contributed by atoms with Crippen LogP contribution in [0.3, 0.4) is 0 Å². The summed E-state index contributed by atoms with van der Waals surface area (Å²) in [4.78, 5) is 2.63. The minimum Gasteiger partial charge on any atom is -0.494 e. The number of hydrogen-bond donors (Lipinski definition) is 1. The molecule has 0 unspecified atom stereocenters. The first-order valence-corrected chi connectivity index (χ1v) is 9.16. The molecule has 0 spiro atoms. The Morgan fingerprint density at radius 3 is 2.96 bits per heavy atom. The number of anilines is 1. The lowest BCUT2D eigenvalue weighted by Gasteiger charge is -2.32. The van der Waals surface area contributed by atoms with Gasteiger partial charge in [0.15, 0.2) is 11.6 Å². The van der Waals surface area contributed by atoms with E-state index in [1.54, 1.807) is 12.1 Å². The van der Waals surface area contributed by atoms with Gasteiger partial charge in [0.2, 0.25) is 0 Å². The summed E-state index contributed by atoms with van der Waals surface area (Å²) < 4.78 is 19.4. The van der Waals surface area contributed by atoms with Crippen LogP contribution in [-0.4, -0.2) is 32.8 Å². The zero-order chi connectivity index (χ0) is 17.1. The van der Waals surface area contributed by atoms with Gasteiger partial charge >= 0.3 is 0 Å². The molecule has 0 amide bonds. The summed E-state index contributed by atoms with van der Waals surface area (Å²) in [6.45, 7) is 5.31. The van der Waals surface area contributed by atoms with Crippen LogP contribution in [0.5, 0.6) is 5.75 Å². The Morgan fingerprint density at radius 1 is 1.24 bits per heavy atom. The van der Waals surface area contributed by atoms with Gasteiger partial charge in [-0.3, -0.25) is 0 Å². The van der Waals surface area contributed by atoms with Crippen molar-refractivity contribution < 1.29 is 9.13 Å². The number of aryl methyl sites for hydroxylation is 1. The molecule has 130 valence electrons. The summed E-state index contributed by atoms with van der Waals surface area (Å²) >= 11 is 0. The van der Waals surface area contributed by atoms with E-state index in [0.717, 1.165) is 42.7 Å². The van der Waals surface area contributed by atoms with E-state index in [9.17, 15) is 4.39 Å². The molecule has 5 rings (SSSR count). The molecule has 1 fully saturated rings. The van der Waals surface area contributed by atoms with Crippen LogP contribution >= 0.6 is 0 Å². The molecular formula is C21H23FN2O. The zero-order valence-electron chi connectivity index (χ0n) is 14.7. The Labute approximate surface area is 147 Å². The number of methoxy groups -OCH3 is 1. The van der Waals surface area contributed by atoms with Crippen LogP contribution in [0, 0.1) is 12.7 Å². The van der Waals surface area contributed by atoms with Crippen LogP contribution in [0.15, 0.2) is 24.3 Å². The van der Waals surface area contributed by atoms with Gasteiger partial charge in [0.05, 0.1) is 7.11 Å². The SMILES string of the molecule is COc1cc(C)c(-c2cc3c4c(c2)[C@@H]2CNCC[C@@H]2N4CC3)cc1F. The maximum atomic E-state index is 14.3. The molecule has 2 atom stereocenters. The van der Waals surface area contributed by atoms with Gasteiger partial charge in [0.1, 0.15) is 0 Å². The maximum Gasteiger partial charge on any atom is 0.165 e. The number of nitrogens with zero attached hydrogens (tertiary/aromatic N) is 1. The molecule has 3 aliphatic heterocycles. The second-order valence-corrected chi connectivity index (χ2v) is 7.48. The third kappa shape index (κ3) is 2.13. The number of halogens is 1. The maximum absolute atomic E-state index is 14.3. The van der Waals surface area contributed by atoms with Crippen molar-refractivity contribution >= 4 is 5.69 Å². The smallest absolute Gasteiger partial charge is 0.165 e. The summed E-state index contributed by atoms with van der Waals surface area (Å²) in [6, 6.07) is 8.65. The molecule has 25 heavy (non-hydrogen) atoms. The van der Waals surface area contributed by atoms with Crippen LogP contribution in [0.25, 0.3) is 11.1 Å². The highest BCUT2D eigenvalue weighted by Crippen LogP contribution is 2.50. The Morgan fingerprint density at radius 2 is 2.12 bits per heavy atom. The van der Waals surface area contributed by atoms with Crippen LogP contribution < -0.4 is 15.0 Å². The molecule has 0 aromatic heterocycles. The van der Waals surface area contributed by atoms with Gasteiger partial charge in [0, 0.05) is 30.7 Å². The molecular weight excluding hydrogens is 315 g/mol. The van der Waals surface area contributed by atoms with E-state index in [1.165, 1.54) is 30.3 Å². The fraction of sp³-hybridized carbons (Fsp3) is 0.429. The highest BCUT2D eigenvalue weighted by molar-refractivity contribution is 5.79. The number of ether oxygens (including phenoxy) is 1. The Bertz CT molecular complexity index is 863. The molecule has 3 aliphatic rings. The van der Waals surface area contributed by atoms with Gasteiger partial charge in [-0.05, 0) is 78.4 Å². The topological polar surface area (TPSA) is 24.5 Å². The molecule has 2 aromatic carbocycles. The number of fused-ring (bicyclic) bond motifs is 3. The quantitative estimate of drug-likeness (QED) is 0.905. The molecule has 3 nitrogen and oxygen atoms in total. The number of piperidine rings is 1. The van der Waals surface area contributed by atoms with Crippen molar-refractivity contribution in [3.63, 3.8) is 0 Å². The number of rotatable bonds is 2.